The highest BCUT2D eigenvalue weighted by molar-refractivity contribution is 5.99. The topological polar surface area (TPSA) is 91.0 Å². The largest absolute Gasteiger partial charge is 0.497 e. The Morgan fingerprint density at radius 1 is 0.943 bits per heavy atom. The van der Waals surface area contributed by atoms with Crippen molar-refractivity contribution in [2.24, 2.45) is 0 Å². The summed E-state index contributed by atoms with van der Waals surface area (Å²) in [4.78, 5) is 30.4. The number of benzene rings is 3. The molecule has 0 saturated carbocycles. The van der Waals surface area contributed by atoms with Gasteiger partial charge in [-0.3, -0.25) is 14.2 Å². The number of carbonyl (C=O) groups excluding carboxylic acids is 1. The predicted octanol–water partition coefficient (Wildman–Crippen LogP) is 4.18. The number of nitrogens with one attached hydrogen (secondary N) is 1. The van der Waals surface area contributed by atoms with Crippen LogP contribution in [0.2, 0.25) is 0 Å². The van der Waals surface area contributed by atoms with Crippen molar-refractivity contribution in [3.63, 3.8) is 0 Å². The summed E-state index contributed by atoms with van der Waals surface area (Å²) in [6.45, 7) is 1.94. The molecule has 0 bridgehead atoms. The van der Waals surface area contributed by atoms with Crippen LogP contribution in [0.1, 0.15) is 16.2 Å². The van der Waals surface area contributed by atoms with E-state index in [1.54, 1.807) is 53.7 Å². The Bertz CT molecular complexity index is 1550. The van der Waals surface area contributed by atoms with Crippen LogP contribution in [0.3, 0.4) is 0 Å². The predicted molar refractivity (Wildman–Crippen MR) is 135 cm³/mol. The maximum atomic E-state index is 13.3. The molecule has 1 N–H and O–H groups in total. The van der Waals surface area contributed by atoms with Crippen molar-refractivity contribution in [1.82, 2.24) is 19.3 Å². The third-order valence-corrected chi connectivity index (χ3v) is 5.76. The fourth-order valence-electron chi connectivity index (χ4n) is 3.92. The Morgan fingerprint density at radius 3 is 2.34 bits per heavy atom. The number of Topliss-reactive ketones (excluding diaryl/α,β-unsaturated/α-hetero) is 1. The number of fused-ring (bicyclic) bond motifs is 1. The van der Waals surface area contributed by atoms with Crippen molar-refractivity contribution in [2.75, 3.05) is 19.0 Å². The monoisotopic (exact) mass is 465 g/mol. The Morgan fingerprint density at radius 2 is 1.66 bits per heavy atom. The highest BCUT2D eigenvalue weighted by Gasteiger charge is 2.15. The number of aromatic nitrogens is 4. The van der Waals surface area contributed by atoms with Gasteiger partial charge in [-0.1, -0.05) is 18.2 Å². The van der Waals surface area contributed by atoms with Gasteiger partial charge in [0, 0.05) is 11.3 Å². The molecular weight excluding hydrogens is 442 g/mol. The molecule has 0 amide bonds. The highest BCUT2D eigenvalue weighted by Crippen LogP contribution is 2.18. The summed E-state index contributed by atoms with van der Waals surface area (Å²) in [6.07, 6.45) is 1.55. The Hall–Kier alpha value is -4.72. The zero-order valence-corrected chi connectivity index (χ0v) is 19.3. The molecule has 8 nitrogen and oxygen atoms in total. The lowest BCUT2D eigenvalue weighted by Crippen LogP contribution is -2.22. The van der Waals surface area contributed by atoms with Gasteiger partial charge in [-0.25, -0.2) is 9.67 Å². The molecule has 5 rings (SSSR count). The van der Waals surface area contributed by atoms with E-state index in [4.69, 9.17) is 4.74 Å². The molecule has 3 aromatic carbocycles. The molecule has 0 aliphatic heterocycles. The molecule has 0 saturated heterocycles. The van der Waals surface area contributed by atoms with E-state index in [2.05, 4.69) is 15.4 Å². The molecule has 174 valence electrons. The first-order valence-electron chi connectivity index (χ1n) is 11.1. The molecule has 2 heterocycles. The smallest absolute Gasteiger partial charge is 0.269 e. The van der Waals surface area contributed by atoms with Crippen LogP contribution in [0.25, 0.3) is 22.4 Å². The van der Waals surface area contributed by atoms with E-state index in [0.29, 0.717) is 33.9 Å². The summed E-state index contributed by atoms with van der Waals surface area (Å²) in [6, 6.07) is 23.9. The van der Waals surface area contributed by atoms with E-state index in [9.17, 15) is 9.59 Å². The summed E-state index contributed by atoms with van der Waals surface area (Å²) in [5.41, 5.74) is 3.22. The lowest BCUT2D eigenvalue weighted by atomic mass is 10.1. The number of ether oxygens (including phenoxy) is 1. The third-order valence-electron chi connectivity index (χ3n) is 5.76. The molecule has 2 aromatic heterocycles. The maximum absolute atomic E-state index is 13.3. The van der Waals surface area contributed by atoms with E-state index < -0.39 is 0 Å². The number of nitrogens with zero attached hydrogens (tertiary/aromatic N) is 4. The summed E-state index contributed by atoms with van der Waals surface area (Å²) in [5.74, 6) is 1.22. The Kier molecular flexibility index (Phi) is 5.85. The van der Waals surface area contributed by atoms with Gasteiger partial charge in [0.15, 0.2) is 11.4 Å². The van der Waals surface area contributed by atoms with Gasteiger partial charge in [-0.2, -0.15) is 5.10 Å². The minimum absolute atomic E-state index is 0.0335. The number of anilines is 1. The summed E-state index contributed by atoms with van der Waals surface area (Å²) < 4.78 is 8.36. The first kappa shape index (κ1) is 22.1. The average Bonchev–Trinajstić information content (AvgIpc) is 3.32. The third kappa shape index (κ3) is 4.29. The van der Waals surface area contributed by atoms with Gasteiger partial charge in [0.2, 0.25) is 0 Å². The van der Waals surface area contributed by atoms with Crippen molar-refractivity contribution < 1.29 is 9.53 Å². The van der Waals surface area contributed by atoms with Crippen molar-refractivity contribution in [3.05, 3.63) is 107 Å². The molecule has 0 unspecified atom stereocenters. The van der Waals surface area contributed by atoms with E-state index in [0.717, 1.165) is 11.4 Å². The van der Waals surface area contributed by atoms with E-state index in [1.165, 1.54) is 0 Å². The Labute approximate surface area is 201 Å². The first-order valence-corrected chi connectivity index (χ1v) is 11.1. The average molecular weight is 466 g/mol. The maximum Gasteiger partial charge on any atom is 0.269 e. The van der Waals surface area contributed by atoms with Gasteiger partial charge in [-0.15, -0.1) is 0 Å². The van der Waals surface area contributed by atoms with Crippen LogP contribution in [0.15, 0.2) is 89.9 Å². The molecule has 0 aliphatic rings. The van der Waals surface area contributed by atoms with Gasteiger partial charge >= 0.3 is 0 Å². The number of rotatable bonds is 7. The zero-order chi connectivity index (χ0) is 24.4. The van der Waals surface area contributed by atoms with Crippen molar-refractivity contribution in [2.45, 2.75) is 6.92 Å². The molecular formula is C27H23N5O3. The highest BCUT2D eigenvalue weighted by atomic mass is 16.5. The van der Waals surface area contributed by atoms with Gasteiger partial charge in [0.1, 0.15) is 17.0 Å². The number of aryl methyl sites for hydroxylation is 1. The van der Waals surface area contributed by atoms with Crippen molar-refractivity contribution >= 4 is 22.5 Å². The SMILES string of the molecule is COc1ccc(C(=O)CNc2ccc(-n3c(C)nc4c(cnn4-c4ccccc4)c3=O)cc2)cc1. The Balaban J connectivity index is 1.37. The standard InChI is InChI=1S/C27H23N5O3/c1-18-30-26-24(16-29-32(26)22-6-4-3-5-7-22)27(34)31(18)21-12-10-20(11-13-21)28-17-25(33)19-8-14-23(35-2)15-9-19/h3-16,28H,17H2,1-2H3. The number of hydrogen-bond donors (Lipinski definition) is 1. The number of ketones is 1. The summed E-state index contributed by atoms with van der Waals surface area (Å²) in [7, 11) is 1.59. The van der Waals surface area contributed by atoms with Crippen molar-refractivity contribution in [1.29, 1.82) is 0 Å². The van der Waals surface area contributed by atoms with Crippen LogP contribution in [0.4, 0.5) is 5.69 Å². The zero-order valence-electron chi connectivity index (χ0n) is 19.3. The molecule has 35 heavy (non-hydrogen) atoms. The van der Waals surface area contributed by atoms with Gasteiger partial charge in [-0.05, 0) is 67.6 Å². The van der Waals surface area contributed by atoms with Gasteiger partial charge in [0.05, 0.1) is 31.2 Å². The lowest BCUT2D eigenvalue weighted by molar-refractivity contribution is 0.101. The molecule has 0 aliphatic carbocycles. The van der Waals surface area contributed by atoms with Crippen molar-refractivity contribution in [3.8, 4) is 17.1 Å². The quantitative estimate of drug-likeness (QED) is 0.363. The second-order valence-electron chi connectivity index (χ2n) is 7.98. The second-order valence-corrected chi connectivity index (χ2v) is 7.98. The van der Waals surface area contributed by atoms with E-state index in [-0.39, 0.29) is 17.9 Å². The molecule has 0 spiro atoms. The van der Waals surface area contributed by atoms with Crippen LogP contribution in [-0.2, 0) is 0 Å². The van der Waals surface area contributed by atoms with Gasteiger partial charge < -0.3 is 10.1 Å². The minimum atomic E-state index is -0.190. The fraction of sp³-hybridized carbons (Fsp3) is 0.111. The van der Waals surface area contributed by atoms with Crippen LogP contribution < -0.4 is 15.6 Å². The van der Waals surface area contributed by atoms with Crippen LogP contribution in [0.5, 0.6) is 5.75 Å². The number of hydrogen-bond acceptors (Lipinski definition) is 6. The number of para-hydroxylation sites is 1. The summed E-state index contributed by atoms with van der Waals surface area (Å²) in [5, 5.41) is 7.95. The molecule has 5 aromatic rings. The number of carbonyl (C=O) groups is 1. The number of methoxy groups -OCH3 is 1. The van der Waals surface area contributed by atoms with Crippen LogP contribution in [-0.4, -0.2) is 38.8 Å². The van der Waals surface area contributed by atoms with Crippen LogP contribution in [0, 0.1) is 6.92 Å². The lowest BCUT2D eigenvalue weighted by Gasteiger charge is -2.12. The second kappa shape index (κ2) is 9.26. The molecule has 0 radical (unpaired) electrons. The van der Waals surface area contributed by atoms with E-state index >= 15 is 0 Å². The molecule has 8 heteroatoms. The fourth-order valence-corrected chi connectivity index (χ4v) is 3.92. The minimum Gasteiger partial charge on any atom is -0.497 e. The molecule has 0 fully saturated rings. The summed E-state index contributed by atoms with van der Waals surface area (Å²) >= 11 is 0. The first-order chi connectivity index (χ1) is 17.0. The molecule has 0 atom stereocenters. The van der Waals surface area contributed by atoms with Gasteiger partial charge in [0.25, 0.3) is 5.56 Å². The normalized spacial score (nSPS) is 10.9. The van der Waals surface area contributed by atoms with E-state index in [1.807, 2.05) is 54.6 Å². The van der Waals surface area contributed by atoms with Crippen LogP contribution >= 0.6 is 0 Å².